The molecule has 1 aliphatic heterocycles. The molecule has 2 amide bonds. The van der Waals surface area contributed by atoms with Gasteiger partial charge in [-0.25, -0.2) is 4.98 Å². The molecule has 1 saturated carbocycles. The highest BCUT2D eigenvalue weighted by Crippen LogP contribution is 2.25. The number of anilines is 2. The summed E-state index contributed by atoms with van der Waals surface area (Å²) in [5, 5.41) is 26.8. The minimum atomic E-state index is -0.722. The molecule has 7 N–H and O–H groups in total. The SMILES string of the molecule is N[C@@H](CCC(=O)N1CCC(Nc2nc(NCCc3cn(CCCNCCCNC4CCCCC4)nn3)nc3ccccc23)CC1)C(=O)NCc1ccccc1. The predicted octanol–water partition coefficient (Wildman–Crippen LogP) is 3.99. The summed E-state index contributed by atoms with van der Waals surface area (Å²) in [4.78, 5) is 37.0. The Morgan fingerprint density at radius 3 is 2.47 bits per heavy atom. The summed E-state index contributed by atoms with van der Waals surface area (Å²) in [6.07, 6.45) is 13.9. The molecule has 0 radical (unpaired) electrons. The maximum Gasteiger partial charge on any atom is 0.237 e. The van der Waals surface area contributed by atoms with Crippen molar-refractivity contribution in [2.45, 2.75) is 108 Å². The summed E-state index contributed by atoms with van der Waals surface area (Å²) in [5.41, 5.74) is 8.92. The van der Waals surface area contributed by atoms with E-state index >= 15 is 0 Å². The lowest BCUT2D eigenvalue weighted by Gasteiger charge is -2.33. The third-order valence-corrected chi connectivity index (χ3v) is 10.7. The summed E-state index contributed by atoms with van der Waals surface area (Å²) in [6, 6.07) is 17.9. The normalized spacial score (nSPS) is 15.9. The highest BCUT2D eigenvalue weighted by molar-refractivity contribution is 5.90. The minimum absolute atomic E-state index is 0.0316. The van der Waals surface area contributed by atoms with Gasteiger partial charge in [-0.05, 0) is 82.3 Å². The molecule has 3 heterocycles. The molecule has 6 rings (SSSR count). The predicted molar refractivity (Wildman–Crippen MR) is 217 cm³/mol. The number of hydrogen-bond acceptors (Lipinski definition) is 11. The number of nitrogens with zero attached hydrogens (tertiary/aromatic N) is 6. The number of carbonyl (C=O) groups is 2. The number of carbonyl (C=O) groups excluding carboxylic acids is 2. The Kier molecular flexibility index (Phi) is 15.6. The Hall–Kier alpha value is -4.66. The number of piperidine rings is 1. The van der Waals surface area contributed by atoms with Gasteiger partial charge in [0.15, 0.2) is 0 Å². The first-order chi connectivity index (χ1) is 27.0. The number of amides is 2. The number of hydrogen-bond donors (Lipinski definition) is 6. The molecule has 1 aliphatic carbocycles. The zero-order valence-electron chi connectivity index (χ0n) is 32.2. The molecule has 4 aromatic rings. The average molecular weight is 753 g/mol. The summed E-state index contributed by atoms with van der Waals surface area (Å²) in [7, 11) is 0. The van der Waals surface area contributed by atoms with Crippen molar-refractivity contribution < 1.29 is 9.59 Å². The van der Waals surface area contributed by atoms with Gasteiger partial charge in [-0.3, -0.25) is 14.3 Å². The molecule has 296 valence electrons. The Balaban J connectivity index is 0.880. The summed E-state index contributed by atoms with van der Waals surface area (Å²) >= 11 is 0. The maximum atomic E-state index is 13.0. The van der Waals surface area contributed by atoms with Crippen LogP contribution in [0.5, 0.6) is 0 Å². The monoisotopic (exact) mass is 752 g/mol. The van der Waals surface area contributed by atoms with Crippen molar-refractivity contribution in [1.82, 2.24) is 45.8 Å². The molecule has 0 unspecified atom stereocenters. The number of likely N-dealkylation sites (tertiary alicyclic amines) is 1. The van der Waals surface area contributed by atoms with Crippen molar-refractivity contribution in [3.63, 3.8) is 0 Å². The number of aryl methyl sites for hydroxylation is 1. The van der Waals surface area contributed by atoms with Crippen LogP contribution in [0.1, 0.15) is 81.9 Å². The topological polar surface area (TPSA) is 180 Å². The van der Waals surface area contributed by atoms with Gasteiger partial charge in [-0.15, -0.1) is 5.10 Å². The van der Waals surface area contributed by atoms with Crippen molar-refractivity contribution in [3.8, 4) is 0 Å². The molecular formula is C41H60N12O2. The molecule has 2 fully saturated rings. The van der Waals surface area contributed by atoms with Crippen LogP contribution in [0.15, 0.2) is 60.8 Å². The van der Waals surface area contributed by atoms with Crippen LogP contribution in [0.25, 0.3) is 10.9 Å². The van der Waals surface area contributed by atoms with Gasteiger partial charge in [0.05, 0.1) is 17.3 Å². The highest BCUT2D eigenvalue weighted by atomic mass is 16.2. The van der Waals surface area contributed by atoms with E-state index in [9.17, 15) is 9.59 Å². The van der Waals surface area contributed by atoms with Crippen molar-refractivity contribution in [2.24, 2.45) is 5.73 Å². The molecule has 1 atom stereocenters. The Morgan fingerprint density at radius 1 is 0.855 bits per heavy atom. The standard InChI is InChI=1S/C41H60N12O2/c42-36(40(55)46-29-31-11-3-1-4-12-31)17-18-38(54)52-27-20-33(21-28-52)47-39-35-15-7-8-16-37(35)48-41(49-39)45-25-19-34-30-53(51-50-34)26-10-23-43-22-9-24-44-32-13-5-2-6-14-32/h1,3-4,7-8,11-12,15-16,30,32-33,36,43-44H,2,5-6,9-10,13-14,17-29,42H2,(H,46,55)(H2,45,47,48,49)/t36-/m0/s1. The highest BCUT2D eigenvalue weighted by Gasteiger charge is 2.25. The third kappa shape index (κ3) is 13.0. The Labute approximate surface area is 325 Å². The van der Waals surface area contributed by atoms with E-state index in [-0.39, 0.29) is 24.3 Å². The number of benzene rings is 2. The molecule has 2 aromatic heterocycles. The van der Waals surface area contributed by atoms with Crippen LogP contribution in [0, 0.1) is 0 Å². The van der Waals surface area contributed by atoms with Gasteiger partial charge in [0.2, 0.25) is 17.8 Å². The van der Waals surface area contributed by atoms with Crippen LogP contribution < -0.4 is 32.3 Å². The number of fused-ring (bicyclic) bond motifs is 1. The zero-order chi connectivity index (χ0) is 38.1. The van der Waals surface area contributed by atoms with E-state index in [1.165, 1.54) is 32.1 Å². The van der Waals surface area contributed by atoms with Gasteiger partial charge >= 0.3 is 0 Å². The first-order valence-corrected chi connectivity index (χ1v) is 20.5. The van der Waals surface area contributed by atoms with Crippen LogP contribution >= 0.6 is 0 Å². The van der Waals surface area contributed by atoms with E-state index in [2.05, 4.69) is 36.9 Å². The number of nitrogens with two attached hydrogens (primary N) is 1. The lowest BCUT2D eigenvalue weighted by atomic mass is 9.95. The van der Waals surface area contributed by atoms with Crippen LogP contribution in [-0.4, -0.2) is 99.1 Å². The summed E-state index contributed by atoms with van der Waals surface area (Å²) < 4.78 is 1.93. The van der Waals surface area contributed by atoms with Crippen molar-refractivity contribution in [1.29, 1.82) is 0 Å². The van der Waals surface area contributed by atoms with Gasteiger partial charge < -0.3 is 37.2 Å². The zero-order valence-corrected chi connectivity index (χ0v) is 32.2. The molecular weight excluding hydrogens is 693 g/mol. The van der Waals surface area contributed by atoms with E-state index < -0.39 is 6.04 Å². The largest absolute Gasteiger partial charge is 0.367 e. The first-order valence-electron chi connectivity index (χ1n) is 20.5. The number of nitrogens with one attached hydrogen (secondary N) is 5. The molecule has 0 spiro atoms. The number of para-hydroxylation sites is 1. The van der Waals surface area contributed by atoms with E-state index in [1.54, 1.807) is 0 Å². The van der Waals surface area contributed by atoms with Gasteiger partial charge in [-0.2, -0.15) is 4.98 Å². The van der Waals surface area contributed by atoms with Crippen LogP contribution in [0.3, 0.4) is 0 Å². The van der Waals surface area contributed by atoms with E-state index in [0.29, 0.717) is 45.0 Å². The smallest absolute Gasteiger partial charge is 0.237 e. The second-order valence-corrected chi connectivity index (χ2v) is 15.0. The molecule has 0 bridgehead atoms. The van der Waals surface area contributed by atoms with Crippen LogP contribution in [-0.2, 0) is 29.1 Å². The molecule has 1 saturated heterocycles. The van der Waals surface area contributed by atoms with Gasteiger partial charge in [0.1, 0.15) is 5.82 Å². The summed E-state index contributed by atoms with van der Waals surface area (Å²) in [6.45, 7) is 6.27. The molecule has 2 aromatic carbocycles. The van der Waals surface area contributed by atoms with Gasteiger partial charge in [0, 0.05) is 69.2 Å². The second-order valence-electron chi connectivity index (χ2n) is 15.0. The fourth-order valence-corrected chi connectivity index (χ4v) is 7.40. The fourth-order valence-electron chi connectivity index (χ4n) is 7.40. The Morgan fingerprint density at radius 2 is 1.64 bits per heavy atom. The van der Waals surface area contributed by atoms with Crippen LogP contribution in [0.4, 0.5) is 11.8 Å². The molecule has 14 heteroatoms. The van der Waals surface area contributed by atoms with Gasteiger partial charge in [-0.1, -0.05) is 66.9 Å². The molecule has 2 aliphatic rings. The molecule has 14 nitrogen and oxygen atoms in total. The van der Waals surface area contributed by atoms with Crippen LogP contribution in [0.2, 0.25) is 0 Å². The van der Waals surface area contributed by atoms with E-state index in [0.717, 1.165) is 85.9 Å². The van der Waals surface area contributed by atoms with Crippen molar-refractivity contribution >= 4 is 34.5 Å². The Bertz CT molecular complexity index is 1750. The van der Waals surface area contributed by atoms with E-state index in [1.807, 2.05) is 70.4 Å². The fraction of sp³-hybridized carbons (Fsp3) is 0.561. The second kappa shape index (κ2) is 21.4. The average Bonchev–Trinajstić information content (AvgIpc) is 3.68. The number of rotatable bonds is 21. The molecule has 55 heavy (non-hydrogen) atoms. The number of aromatic nitrogens is 5. The summed E-state index contributed by atoms with van der Waals surface area (Å²) in [5.74, 6) is 1.13. The first kappa shape index (κ1) is 40.0. The lowest BCUT2D eigenvalue weighted by Crippen LogP contribution is -2.44. The van der Waals surface area contributed by atoms with Crippen molar-refractivity contribution in [3.05, 3.63) is 72.1 Å². The maximum absolute atomic E-state index is 13.0. The third-order valence-electron chi connectivity index (χ3n) is 10.7. The quantitative estimate of drug-likeness (QED) is 0.0678. The lowest BCUT2D eigenvalue weighted by molar-refractivity contribution is -0.132. The minimum Gasteiger partial charge on any atom is -0.367 e. The van der Waals surface area contributed by atoms with Gasteiger partial charge in [0.25, 0.3) is 0 Å². The van der Waals surface area contributed by atoms with E-state index in [4.69, 9.17) is 15.7 Å². The van der Waals surface area contributed by atoms with Crippen molar-refractivity contribution in [2.75, 3.05) is 49.9 Å².